The summed E-state index contributed by atoms with van der Waals surface area (Å²) in [5.74, 6) is 1.47. The van der Waals surface area contributed by atoms with Crippen molar-refractivity contribution in [3.8, 4) is 5.75 Å². The fraction of sp³-hybridized carbons (Fsp3) is 0.647. The average molecular weight is 279 g/mol. The molecule has 0 aliphatic heterocycles. The fourth-order valence-corrected chi connectivity index (χ4v) is 2.10. The van der Waals surface area contributed by atoms with E-state index in [0.29, 0.717) is 12.0 Å². The van der Waals surface area contributed by atoms with E-state index in [1.165, 1.54) is 5.56 Å². The van der Waals surface area contributed by atoms with E-state index in [-0.39, 0.29) is 6.61 Å². The molecule has 1 aromatic carbocycles. The predicted molar refractivity (Wildman–Crippen MR) is 84.0 cm³/mol. The second-order valence-corrected chi connectivity index (χ2v) is 5.59. The van der Waals surface area contributed by atoms with Crippen LogP contribution in [0.15, 0.2) is 24.3 Å². The summed E-state index contributed by atoms with van der Waals surface area (Å²) in [4.78, 5) is 0. The SMILES string of the molecule is CCCCOc1ccc(CNC(CCO)C(C)C)cc1. The van der Waals surface area contributed by atoms with Gasteiger partial charge in [0.2, 0.25) is 0 Å². The molecule has 1 rings (SSSR count). The first-order chi connectivity index (χ1) is 9.67. The van der Waals surface area contributed by atoms with Gasteiger partial charge in [-0.1, -0.05) is 39.3 Å². The van der Waals surface area contributed by atoms with E-state index in [2.05, 4.69) is 38.2 Å². The minimum Gasteiger partial charge on any atom is -0.494 e. The van der Waals surface area contributed by atoms with Crippen LogP contribution in [0, 0.1) is 5.92 Å². The number of hydrogen-bond acceptors (Lipinski definition) is 3. The highest BCUT2D eigenvalue weighted by Crippen LogP contribution is 2.13. The number of ether oxygens (including phenoxy) is 1. The summed E-state index contributed by atoms with van der Waals surface area (Å²) in [6.07, 6.45) is 3.06. The van der Waals surface area contributed by atoms with Gasteiger partial charge in [-0.3, -0.25) is 0 Å². The first kappa shape index (κ1) is 17.0. The Morgan fingerprint density at radius 2 is 1.90 bits per heavy atom. The van der Waals surface area contributed by atoms with Gasteiger partial charge in [0.25, 0.3) is 0 Å². The van der Waals surface area contributed by atoms with Gasteiger partial charge in [0.05, 0.1) is 6.61 Å². The van der Waals surface area contributed by atoms with E-state index in [9.17, 15) is 0 Å². The summed E-state index contributed by atoms with van der Waals surface area (Å²) >= 11 is 0. The van der Waals surface area contributed by atoms with Crippen LogP contribution in [0.5, 0.6) is 5.75 Å². The highest BCUT2D eigenvalue weighted by molar-refractivity contribution is 5.27. The van der Waals surface area contributed by atoms with Crippen molar-refractivity contribution in [3.63, 3.8) is 0 Å². The molecule has 0 amide bonds. The van der Waals surface area contributed by atoms with E-state index < -0.39 is 0 Å². The molecule has 3 heteroatoms. The lowest BCUT2D eigenvalue weighted by Gasteiger charge is -2.21. The van der Waals surface area contributed by atoms with Crippen molar-refractivity contribution in [2.24, 2.45) is 5.92 Å². The maximum absolute atomic E-state index is 9.07. The number of aliphatic hydroxyl groups is 1. The zero-order valence-electron chi connectivity index (χ0n) is 13.1. The topological polar surface area (TPSA) is 41.5 Å². The highest BCUT2D eigenvalue weighted by atomic mass is 16.5. The molecular weight excluding hydrogens is 250 g/mol. The summed E-state index contributed by atoms with van der Waals surface area (Å²) < 4.78 is 5.65. The van der Waals surface area contributed by atoms with Crippen molar-refractivity contribution in [2.45, 2.75) is 52.6 Å². The lowest BCUT2D eigenvalue weighted by atomic mass is 10.0. The van der Waals surface area contributed by atoms with Crippen LogP contribution < -0.4 is 10.1 Å². The molecule has 0 radical (unpaired) electrons. The Hall–Kier alpha value is -1.06. The van der Waals surface area contributed by atoms with Crippen molar-refractivity contribution in [3.05, 3.63) is 29.8 Å². The third-order valence-corrected chi connectivity index (χ3v) is 3.50. The normalized spacial score (nSPS) is 12.7. The van der Waals surface area contributed by atoms with E-state index in [4.69, 9.17) is 9.84 Å². The first-order valence-electron chi connectivity index (χ1n) is 7.73. The zero-order chi connectivity index (χ0) is 14.8. The Morgan fingerprint density at radius 1 is 1.20 bits per heavy atom. The van der Waals surface area contributed by atoms with Crippen LogP contribution in [0.4, 0.5) is 0 Å². The summed E-state index contributed by atoms with van der Waals surface area (Å²) in [5.41, 5.74) is 1.25. The molecule has 0 aliphatic carbocycles. The van der Waals surface area contributed by atoms with Crippen LogP contribution >= 0.6 is 0 Å². The van der Waals surface area contributed by atoms with Gasteiger partial charge in [0, 0.05) is 19.2 Å². The largest absolute Gasteiger partial charge is 0.494 e. The van der Waals surface area contributed by atoms with Crippen molar-refractivity contribution < 1.29 is 9.84 Å². The van der Waals surface area contributed by atoms with E-state index >= 15 is 0 Å². The number of unbranched alkanes of at least 4 members (excludes halogenated alkanes) is 1. The predicted octanol–water partition coefficient (Wildman–Crippen LogP) is 3.36. The molecule has 1 atom stereocenters. The maximum atomic E-state index is 9.07. The zero-order valence-corrected chi connectivity index (χ0v) is 13.1. The molecule has 0 saturated heterocycles. The first-order valence-corrected chi connectivity index (χ1v) is 7.73. The van der Waals surface area contributed by atoms with Gasteiger partial charge in [-0.15, -0.1) is 0 Å². The number of rotatable bonds is 10. The number of hydrogen-bond donors (Lipinski definition) is 2. The molecule has 0 aliphatic rings. The van der Waals surface area contributed by atoms with Crippen molar-refractivity contribution in [1.82, 2.24) is 5.32 Å². The summed E-state index contributed by atoms with van der Waals surface area (Å²) in [5, 5.41) is 12.6. The molecule has 0 aromatic heterocycles. The van der Waals surface area contributed by atoms with Crippen LogP contribution in [0.2, 0.25) is 0 Å². The minimum absolute atomic E-state index is 0.236. The third kappa shape index (κ3) is 6.40. The molecule has 20 heavy (non-hydrogen) atoms. The molecule has 0 spiro atoms. The van der Waals surface area contributed by atoms with Crippen molar-refractivity contribution in [2.75, 3.05) is 13.2 Å². The van der Waals surface area contributed by atoms with E-state index in [1.807, 2.05) is 12.1 Å². The highest BCUT2D eigenvalue weighted by Gasteiger charge is 2.11. The monoisotopic (exact) mass is 279 g/mol. The molecule has 1 unspecified atom stereocenters. The van der Waals surface area contributed by atoms with Crippen LogP contribution in [-0.2, 0) is 6.54 Å². The molecule has 0 saturated carbocycles. The summed E-state index contributed by atoms with van der Waals surface area (Å²) in [7, 11) is 0. The van der Waals surface area contributed by atoms with E-state index in [0.717, 1.165) is 38.2 Å². The fourth-order valence-electron chi connectivity index (χ4n) is 2.10. The van der Waals surface area contributed by atoms with Gasteiger partial charge in [0.15, 0.2) is 0 Å². The molecule has 114 valence electrons. The van der Waals surface area contributed by atoms with Crippen LogP contribution in [0.1, 0.15) is 45.6 Å². The molecule has 3 nitrogen and oxygen atoms in total. The number of benzene rings is 1. The smallest absolute Gasteiger partial charge is 0.119 e. The van der Waals surface area contributed by atoms with Crippen LogP contribution in [-0.4, -0.2) is 24.4 Å². The Morgan fingerprint density at radius 3 is 2.45 bits per heavy atom. The van der Waals surface area contributed by atoms with Gasteiger partial charge in [-0.25, -0.2) is 0 Å². The maximum Gasteiger partial charge on any atom is 0.119 e. The molecule has 0 heterocycles. The van der Waals surface area contributed by atoms with Crippen molar-refractivity contribution in [1.29, 1.82) is 0 Å². The third-order valence-electron chi connectivity index (χ3n) is 3.50. The summed E-state index contributed by atoms with van der Waals surface area (Å²) in [6, 6.07) is 8.63. The van der Waals surface area contributed by atoms with Gasteiger partial charge < -0.3 is 15.2 Å². The van der Waals surface area contributed by atoms with Crippen LogP contribution in [0.3, 0.4) is 0 Å². The molecule has 0 bridgehead atoms. The number of nitrogens with one attached hydrogen (secondary N) is 1. The quantitative estimate of drug-likeness (QED) is 0.645. The molecule has 0 fully saturated rings. The van der Waals surface area contributed by atoms with E-state index in [1.54, 1.807) is 0 Å². The minimum atomic E-state index is 0.236. The Bertz CT molecular complexity index is 349. The second-order valence-electron chi connectivity index (χ2n) is 5.59. The van der Waals surface area contributed by atoms with Gasteiger partial charge in [-0.05, 0) is 36.5 Å². The average Bonchev–Trinajstić information content (AvgIpc) is 2.45. The van der Waals surface area contributed by atoms with Gasteiger partial charge in [0.1, 0.15) is 5.75 Å². The molecular formula is C17H29NO2. The van der Waals surface area contributed by atoms with Gasteiger partial charge in [-0.2, -0.15) is 0 Å². The lowest BCUT2D eigenvalue weighted by Crippen LogP contribution is -2.34. The summed E-state index contributed by atoms with van der Waals surface area (Å²) in [6.45, 7) is 8.38. The lowest BCUT2D eigenvalue weighted by molar-refractivity contribution is 0.244. The standard InChI is InChI=1S/C17H29NO2/c1-4-5-12-20-16-8-6-15(7-9-16)13-18-17(10-11-19)14(2)3/h6-9,14,17-19H,4-5,10-13H2,1-3H3. The Labute approximate surface area is 123 Å². The Kier molecular flexibility index (Phi) is 8.31. The van der Waals surface area contributed by atoms with Gasteiger partial charge >= 0.3 is 0 Å². The van der Waals surface area contributed by atoms with Crippen LogP contribution in [0.25, 0.3) is 0 Å². The Balaban J connectivity index is 2.40. The second kappa shape index (κ2) is 9.78. The molecule has 2 N–H and O–H groups in total. The molecule has 1 aromatic rings. The van der Waals surface area contributed by atoms with Crippen molar-refractivity contribution >= 4 is 0 Å². The number of aliphatic hydroxyl groups excluding tert-OH is 1.